The highest BCUT2D eigenvalue weighted by atomic mass is 32.2. The van der Waals surface area contributed by atoms with E-state index in [4.69, 9.17) is 10.00 Å². The van der Waals surface area contributed by atoms with Gasteiger partial charge in [0.1, 0.15) is 18.5 Å². The van der Waals surface area contributed by atoms with Gasteiger partial charge in [-0.15, -0.1) is 10.2 Å². The fraction of sp³-hybridized carbons (Fsp3) is 0.316. The van der Waals surface area contributed by atoms with Gasteiger partial charge in [0.25, 0.3) is 10.0 Å². The van der Waals surface area contributed by atoms with Gasteiger partial charge >= 0.3 is 6.09 Å². The molecule has 0 fully saturated rings. The predicted octanol–water partition coefficient (Wildman–Crippen LogP) is 1.46. The Morgan fingerprint density at radius 1 is 1.28 bits per heavy atom. The van der Waals surface area contributed by atoms with Crippen molar-refractivity contribution < 1.29 is 17.9 Å². The van der Waals surface area contributed by atoms with Crippen molar-refractivity contribution in [3.05, 3.63) is 48.0 Å². The third-order valence-corrected chi connectivity index (χ3v) is 5.31. The van der Waals surface area contributed by atoms with Crippen LogP contribution in [0.3, 0.4) is 0 Å². The Bertz CT molecular complexity index is 1260. The molecule has 3 rings (SSSR count). The van der Waals surface area contributed by atoms with Crippen LogP contribution in [0.2, 0.25) is 0 Å². The number of tetrazole rings is 1. The lowest BCUT2D eigenvalue weighted by molar-refractivity contribution is 0.0570. The van der Waals surface area contributed by atoms with E-state index in [2.05, 4.69) is 25.4 Å². The van der Waals surface area contributed by atoms with Gasteiger partial charge in [-0.1, -0.05) is 0 Å². The van der Waals surface area contributed by atoms with Crippen molar-refractivity contribution in [2.45, 2.75) is 44.2 Å². The first-order chi connectivity index (χ1) is 15.1. The zero-order valence-corrected chi connectivity index (χ0v) is 18.4. The van der Waals surface area contributed by atoms with Crippen molar-refractivity contribution in [3.8, 4) is 17.5 Å². The van der Waals surface area contributed by atoms with E-state index in [1.54, 1.807) is 33.0 Å². The summed E-state index contributed by atoms with van der Waals surface area (Å²) in [5, 5.41) is 21.4. The van der Waals surface area contributed by atoms with Crippen LogP contribution >= 0.6 is 0 Å². The van der Waals surface area contributed by atoms with Gasteiger partial charge in [-0.2, -0.15) is 10.1 Å². The van der Waals surface area contributed by atoms with Crippen LogP contribution in [0.1, 0.15) is 32.0 Å². The van der Waals surface area contributed by atoms with E-state index in [9.17, 15) is 13.2 Å². The van der Waals surface area contributed by atoms with Gasteiger partial charge in [0.05, 0.1) is 23.1 Å². The summed E-state index contributed by atoms with van der Waals surface area (Å²) in [7, 11) is -4.27. The summed E-state index contributed by atoms with van der Waals surface area (Å²) in [5.41, 5.74) is 0.444. The molecule has 2 aromatic heterocycles. The number of nitrogens with zero attached hydrogens (tertiary/aromatic N) is 7. The lowest BCUT2D eigenvalue weighted by Crippen LogP contribution is -2.36. The van der Waals surface area contributed by atoms with E-state index >= 15 is 0 Å². The Balaban J connectivity index is 1.86. The fourth-order valence-corrected chi connectivity index (χ4v) is 3.74. The van der Waals surface area contributed by atoms with Crippen LogP contribution in [0.5, 0.6) is 0 Å². The molecule has 1 amide bonds. The Kier molecular flexibility index (Phi) is 6.45. The molecule has 166 valence electrons. The molecule has 0 unspecified atom stereocenters. The summed E-state index contributed by atoms with van der Waals surface area (Å²) in [5.74, 6) is 0.238. The van der Waals surface area contributed by atoms with E-state index in [0.29, 0.717) is 11.3 Å². The molecule has 32 heavy (non-hydrogen) atoms. The average Bonchev–Trinajstić information content (AvgIpc) is 3.15. The molecule has 0 aliphatic heterocycles. The van der Waals surface area contributed by atoms with E-state index in [1.807, 2.05) is 10.8 Å². The van der Waals surface area contributed by atoms with E-state index in [0.717, 1.165) is 0 Å². The third-order valence-electron chi connectivity index (χ3n) is 3.89. The first-order valence-corrected chi connectivity index (χ1v) is 10.8. The number of amides is 1. The van der Waals surface area contributed by atoms with Gasteiger partial charge in [0, 0.05) is 11.8 Å². The molecular formula is C19H20N8O4S. The van der Waals surface area contributed by atoms with Gasteiger partial charge in [0.15, 0.2) is 0 Å². The minimum Gasteiger partial charge on any atom is -0.443 e. The quantitative estimate of drug-likeness (QED) is 0.573. The van der Waals surface area contributed by atoms with Crippen LogP contribution in [-0.4, -0.2) is 50.3 Å². The standard InChI is InChI=1S/C19H20N8O4S/c1-19(2,3)31-18(28)25-32(29,30)16-5-4-14(10-13(16)6-8-20)17-23-26-27(24-17)11-15-7-9-21-12-22-15/h4-5,7,9-10,12H,6,11H2,1-3H3,(H,25,28). The van der Waals surface area contributed by atoms with Crippen LogP contribution in [0, 0.1) is 11.3 Å². The maximum Gasteiger partial charge on any atom is 0.421 e. The molecule has 13 heteroatoms. The normalized spacial score (nSPS) is 11.6. The maximum absolute atomic E-state index is 12.7. The zero-order valence-electron chi connectivity index (χ0n) is 17.6. The minimum atomic E-state index is -4.27. The number of carbonyl (C=O) groups is 1. The van der Waals surface area contributed by atoms with Crippen molar-refractivity contribution in [3.63, 3.8) is 0 Å². The molecule has 0 bridgehead atoms. The lowest BCUT2D eigenvalue weighted by Gasteiger charge is -2.20. The molecule has 12 nitrogen and oxygen atoms in total. The van der Waals surface area contributed by atoms with Gasteiger partial charge < -0.3 is 4.74 Å². The molecule has 2 heterocycles. The number of sulfonamides is 1. The van der Waals surface area contributed by atoms with E-state index in [-0.39, 0.29) is 29.2 Å². The minimum absolute atomic E-state index is 0.174. The van der Waals surface area contributed by atoms with Gasteiger partial charge in [-0.25, -0.2) is 27.9 Å². The summed E-state index contributed by atoms with van der Waals surface area (Å²) in [6.45, 7) is 5.10. The number of aromatic nitrogens is 6. The Morgan fingerprint density at radius 3 is 2.72 bits per heavy atom. The highest BCUT2D eigenvalue weighted by molar-refractivity contribution is 7.90. The highest BCUT2D eigenvalue weighted by Crippen LogP contribution is 2.23. The van der Waals surface area contributed by atoms with Crippen molar-refractivity contribution in [2.75, 3.05) is 0 Å². The zero-order chi connectivity index (χ0) is 23.4. The molecule has 1 N–H and O–H groups in total. The summed E-state index contributed by atoms with van der Waals surface area (Å²) in [6.07, 6.45) is 1.68. The number of ether oxygens (including phenoxy) is 1. The van der Waals surface area contributed by atoms with Crippen molar-refractivity contribution >= 4 is 16.1 Å². The maximum atomic E-state index is 12.7. The number of rotatable bonds is 6. The molecule has 0 spiro atoms. The molecule has 0 radical (unpaired) electrons. The van der Waals surface area contributed by atoms with Crippen LogP contribution in [0.4, 0.5) is 4.79 Å². The van der Waals surface area contributed by atoms with Crippen LogP contribution in [0.15, 0.2) is 41.7 Å². The second-order valence-corrected chi connectivity index (χ2v) is 9.26. The second-order valence-electron chi connectivity index (χ2n) is 7.61. The van der Waals surface area contributed by atoms with Crippen LogP contribution in [-0.2, 0) is 27.7 Å². The number of nitriles is 1. The number of hydrogen-bond donors (Lipinski definition) is 1. The van der Waals surface area contributed by atoms with Crippen LogP contribution in [0.25, 0.3) is 11.4 Å². The van der Waals surface area contributed by atoms with Crippen molar-refractivity contribution in [1.29, 1.82) is 5.26 Å². The number of nitrogens with one attached hydrogen (secondary N) is 1. The largest absolute Gasteiger partial charge is 0.443 e. The average molecular weight is 456 g/mol. The highest BCUT2D eigenvalue weighted by Gasteiger charge is 2.25. The topological polar surface area (TPSA) is 166 Å². The first kappa shape index (κ1) is 22.8. The van der Waals surface area contributed by atoms with Gasteiger partial charge in [-0.3, -0.25) is 0 Å². The lowest BCUT2D eigenvalue weighted by atomic mass is 10.1. The Labute approximate surface area is 184 Å². The number of hydrogen-bond acceptors (Lipinski definition) is 10. The predicted molar refractivity (Wildman–Crippen MR) is 110 cm³/mol. The van der Waals surface area contributed by atoms with Gasteiger partial charge in [-0.05, 0) is 55.8 Å². The summed E-state index contributed by atoms with van der Waals surface area (Å²) >= 11 is 0. The molecular weight excluding hydrogens is 436 g/mol. The monoisotopic (exact) mass is 456 g/mol. The fourth-order valence-electron chi connectivity index (χ4n) is 2.65. The first-order valence-electron chi connectivity index (χ1n) is 9.36. The number of carbonyl (C=O) groups excluding carboxylic acids is 1. The molecule has 3 aromatic rings. The smallest absolute Gasteiger partial charge is 0.421 e. The number of benzene rings is 1. The molecule has 0 atom stereocenters. The summed E-state index contributed by atoms with van der Waals surface area (Å²) in [6, 6.07) is 7.85. The Hall–Kier alpha value is -3.92. The van der Waals surface area contributed by atoms with Gasteiger partial charge in [0.2, 0.25) is 5.82 Å². The van der Waals surface area contributed by atoms with Crippen molar-refractivity contribution in [1.82, 2.24) is 34.9 Å². The molecule has 0 saturated heterocycles. The van der Waals surface area contributed by atoms with E-state index < -0.39 is 21.7 Å². The molecule has 0 saturated carbocycles. The SMILES string of the molecule is CC(C)(C)OC(=O)NS(=O)(=O)c1ccc(-c2nnn(Cc3ccncn3)n2)cc1CC#N. The molecule has 0 aliphatic rings. The summed E-state index contributed by atoms with van der Waals surface area (Å²) < 4.78 is 32.3. The van der Waals surface area contributed by atoms with Crippen molar-refractivity contribution in [2.24, 2.45) is 0 Å². The summed E-state index contributed by atoms with van der Waals surface area (Å²) in [4.78, 5) is 21.0. The third kappa shape index (κ3) is 5.82. The second kappa shape index (κ2) is 9.06. The van der Waals surface area contributed by atoms with E-state index in [1.165, 1.54) is 29.3 Å². The molecule has 1 aromatic carbocycles. The van der Waals surface area contributed by atoms with Crippen LogP contribution < -0.4 is 4.72 Å². The molecule has 0 aliphatic carbocycles. The Morgan fingerprint density at radius 2 is 2.06 bits per heavy atom.